The van der Waals surface area contributed by atoms with Crippen LogP contribution in [0, 0.1) is 0 Å². The molecule has 1 nitrogen and oxygen atoms in total. The summed E-state index contributed by atoms with van der Waals surface area (Å²) in [5.74, 6) is 0. The van der Waals surface area contributed by atoms with E-state index in [-0.39, 0.29) is 0 Å². The Morgan fingerprint density at radius 3 is 2.93 bits per heavy atom. The number of rotatable bonds is 2. The molecule has 0 bridgehead atoms. The Labute approximate surface area is 98.8 Å². The third-order valence-electron chi connectivity index (χ3n) is 2.01. The molecule has 72 valence electrons. The summed E-state index contributed by atoms with van der Waals surface area (Å²) in [7, 11) is 0. The van der Waals surface area contributed by atoms with Crippen LogP contribution in [-0.2, 0) is 5.33 Å². The van der Waals surface area contributed by atoms with Crippen LogP contribution in [0.2, 0.25) is 5.02 Å². The van der Waals surface area contributed by atoms with E-state index in [1.807, 2.05) is 18.2 Å². The minimum Gasteiger partial charge on any atom is -0.297 e. The fraction of sp³-hybridized carbons (Fsp3) is 0.100. The first-order chi connectivity index (χ1) is 6.77. The van der Waals surface area contributed by atoms with E-state index in [1.165, 1.54) is 16.9 Å². The highest BCUT2D eigenvalue weighted by Gasteiger charge is 2.11. The van der Waals surface area contributed by atoms with Crippen molar-refractivity contribution in [2.24, 2.45) is 0 Å². The van der Waals surface area contributed by atoms with E-state index in [0.29, 0.717) is 9.90 Å². The van der Waals surface area contributed by atoms with Crippen LogP contribution in [-0.4, -0.2) is 6.29 Å². The number of fused-ring (bicyclic) bond motifs is 1. The Bertz CT molecular complexity index is 492. The molecule has 1 heterocycles. The van der Waals surface area contributed by atoms with Crippen LogP contribution in [0.4, 0.5) is 0 Å². The van der Waals surface area contributed by atoms with Crippen LogP contribution < -0.4 is 0 Å². The standard InChI is InChI=1S/C10H6BrClOS/c11-4-6-2-1-3-7-9(12)8(5-13)14-10(6)7/h1-3,5H,4H2. The second-order valence-corrected chi connectivity index (χ2v) is 4.82. The molecule has 0 fully saturated rings. The number of carbonyl (C=O) groups excluding carboxylic acids is 1. The summed E-state index contributed by atoms with van der Waals surface area (Å²) in [6.45, 7) is 0. The Morgan fingerprint density at radius 1 is 1.50 bits per heavy atom. The number of thiophene rings is 1. The molecule has 0 N–H and O–H groups in total. The van der Waals surface area contributed by atoms with E-state index in [9.17, 15) is 4.79 Å². The van der Waals surface area contributed by atoms with E-state index >= 15 is 0 Å². The Hall–Kier alpha value is -0.380. The third kappa shape index (κ3) is 1.49. The molecule has 0 aliphatic heterocycles. The van der Waals surface area contributed by atoms with Gasteiger partial charge in [0.05, 0.1) is 9.90 Å². The summed E-state index contributed by atoms with van der Waals surface area (Å²) in [6, 6.07) is 5.91. The molecule has 0 unspecified atom stereocenters. The van der Waals surface area contributed by atoms with Gasteiger partial charge in [-0.15, -0.1) is 11.3 Å². The Kier molecular flexibility index (Phi) is 2.91. The van der Waals surface area contributed by atoms with Gasteiger partial charge in [0.2, 0.25) is 0 Å². The lowest BCUT2D eigenvalue weighted by molar-refractivity contribution is 0.112. The van der Waals surface area contributed by atoms with Gasteiger partial charge in [0.1, 0.15) is 0 Å². The molecule has 4 heteroatoms. The molecule has 1 aromatic heterocycles. The zero-order chi connectivity index (χ0) is 10.1. The quantitative estimate of drug-likeness (QED) is 0.596. The second kappa shape index (κ2) is 4.01. The van der Waals surface area contributed by atoms with E-state index in [4.69, 9.17) is 11.6 Å². The van der Waals surface area contributed by atoms with Crippen molar-refractivity contribution in [3.63, 3.8) is 0 Å². The van der Waals surface area contributed by atoms with Crippen molar-refractivity contribution < 1.29 is 4.79 Å². The van der Waals surface area contributed by atoms with Crippen molar-refractivity contribution in [1.29, 1.82) is 0 Å². The molecule has 0 aliphatic carbocycles. The third-order valence-corrected chi connectivity index (χ3v) is 4.34. The van der Waals surface area contributed by atoms with Crippen molar-refractivity contribution in [3.8, 4) is 0 Å². The molecule has 0 spiro atoms. The Balaban J connectivity index is 2.83. The fourth-order valence-corrected chi connectivity index (χ4v) is 3.39. The zero-order valence-electron chi connectivity index (χ0n) is 7.09. The molecule has 0 saturated carbocycles. The van der Waals surface area contributed by atoms with Crippen molar-refractivity contribution in [2.75, 3.05) is 0 Å². The number of aldehydes is 1. The van der Waals surface area contributed by atoms with Gasteiger partial charge < -0.3 is 0 Å². The summed E-state index contributed by atoms with van der Waals surface area (Å²) >= 11 is 10.9. The lowest BCUT2D eigenvalue weighted by atomic mass is 10.2. The number of hydrogen-bond acceptors (Lipinski definition) is 2. The number of carbonyl (C=O) groups is 1. The molecular formula is C10H6BrClOS. The molecule has 0 radical (unpaired) electrons. The summed E-state index contributed by atoms with van der Waals surface area (Å²) in [5.41, 5.74) is 1.17. The predicted octanol–water partition coefficient (Wildman–Crippen LogP) is 4.26. The van der Waals surface area contributed by atoms with Crippen LogP contribution in [0.25, 0.3) is 10.1 Å². The van der Waals surface area contributed by atoms with Crippen LogP contribution in [0.1, 0.15) is 15.2 Å². The summed E-state index contributed by atoms with van der Waals surface area (Å²) < 4.78 is 1.09. The zero-order valence-corrected chi connectivity index (χ0v) is 10.2. The smallest absolute Gasteiger partial charge is 0.161 e. The normalized spacial score (nSPS) is 10.7. The monoisotopic (exact) mass is 288 g/mol. The van der Waals surface area contributed by atoms with Gasteiger partial charge in [-0.1, -0.05) is 45.7 Å². The average Bonchev–Trinajstić information content (AvgIpc) is 2.55. The van der Waals surface area contributed by atoms with Gasteiger partial charge >= 0.3 is 0 Å². The van der Waals surface area contributed by atoms with Gasteiger partial charge in [-0.3, -0.25) is 4.79 Å². The van der Waals surface area contributed by atoms with Gasteiger partial charge in [0.25, 0.3) is 0 Å². The minimum absolute atomic E-state index is 0.572. The molecule has 0 saturated heterocycles. The van der Waals surface area contributed by atoms with Crippen LogP contribution >= 0.6 is 38.9 Å². The first kappa shape index (κ1) is 10.1. The SMILES string of the molecule is O=Cc1sc2c(CBr)cccc2c1Cl. The maximum absolute atomic E-state index is 10.7. The van der Waals surface area contributed by atoms with Gasteiger partial charge in [-0.2, -0.15) is 0 Å². The maximum Gasteiger partial charge on any atom is 0.161 e. The van der Waals surface area contributed by atoms with Crippen molar-refractivity contribution in [1.82, 2.24) is 0 Å². The fourth-order valence-electron chi connectivity index (χ4n) is 1.35. The molecule has 2 aromatic rings. The molecular weight excluding hydrogens is 284 g/mol. The largest absolute Gasteiger partial charge is 0.297 e. The van der Waals surface area contributed by atoms with E-state index in [2.05, 4.69) is 15.9 Å². The topological polar surface area (TPSA) is 17.1 Å². The first-order valence-electron chi connectivity index (χ1n) is 3.99. The van der Waals surface area contributed by atoms with Crippen LogP contribution in [0.5, 0.6) is 0 Å². The van der Waals surface area contributed by atoms with E-state index in [0.717, 1.165) is 21.7 Å². The molecule has 2 rings (SSSR count). The lowest BCUT2D eigenvalue weighted by Crippen LogP contribution is -1.75. The molecule has 14 heavy (non-hydrogen) atoms. The minimum atomic E-state index is 0.572. The number of hydrogen-bond donors (Lipinski definition) is 0. The average molecular weight is 290 g/mol. The molecule has 0 aliphatic rings. The summed E-state index contributed by atoms with van der Waals surface area (Å²) in [4.78, 5) is 11.3. The van der Waals surface area contributed by atoms with Crippen LogP contribution in [0.15, 0.2) is 18.2 Å². The number of halogens is 2. The van der Waals surface area contributed by atoms with Gasteiger partial charge in [0, 0.05) is 15.4 Å². The second-order valence-electron chi connectivity index (χ2n) is 2.83. The molecule has 0 amide bonds. The highest BCUT2D eigenvalue weighted by molar-refractivity contribution is 9.08. The summed E-state index contributed by atoms with van der Waals surface area (Å²) in [5, 5.41) is 2.32. The van der Waals surface area contributed by atoms with Crippen molar-refractivity contribution in [3.05, 3.63) is 33.7 Å². The van der Waals surface area contributed by atoms with Crippen LogP contribution in [0.3, 0.4) is 0 Å². The maximum atomic E-state index is 10.7. The lowest BCUT2D eigenvalue weighted by Gasteiger charge is -1.96. The highest BCUT2D eigenvalue weighted by atomic mass is 79.9. The van der Waals surface area contributed by atoms with Crippen molar-refractivity contribution in [2.45, 2.75) is 5.33 Å². The van der Waals surface area contributed by atoms with E-state index in [1.54, 1.807) is 0 Å². The van der Waals surface area contributed by atoms with Gasteiger partial charge in [-0.05, 0) is 5.56 Å². The highest BCUT2D eigenvalue weighted by Crippen LogP contribution is 2.36. The van der Waals surface area contributed by atoms with Crippen molar-refractivity contribution >= 4 is 55.2 Å². The predicted molar refractivity (Wildman–Crippen MR) is 64.9 cm³/mol. The first-order valence-corrected chi connectivity index (χ1v) is 6.30. The Morgan fingerprint density at radius 2 is 2.29 bits per heavy atom. The summed E-state index contributed by atoms with van der Waals surface area (Å²) in [6.07, 6.45) is 0.811. The van der Waals surface area contributed by atoms with E-state index < -0.39 is 0 Å². The molecule has 0 atom stereocenters. The number of benzene rings is 1. The van der Waals surface area contributed by atoms with Gasteiger partial charge in [0.15, 0.2) is 6.29 Å². The number of alkyl halides is 1. The molecule has 1 aromatic carbocycles. The van der Waals surface area contributed by atoms with Gasteiger partial charge in [-0.25, -0.2) is 0 Å².